The summed E-state index contributed by atoms with van der Waals surface area (Å²) in [5.41, 5.74) is 6.82. The summed E-state index contributed by atoms with van der Waals surface area (Å²) in [6.07, 6.45) is 4.43. The molecule has 0 unspecified atom stereocenters. The topological polar surface area (TPSA) is 77.7 Å². The molecule has 1 amide bonds. The molecule has 0 radical (unpaired) electrons. The average Bonchev–Trinajstić information content (AvgIpc) is 3.47. The van der Waals surface area contributed by atoms with Crippen molar-refractivity contribution in [2.24, 2.45) is 11.8 Å². The maximum atomic E-state index is 14.6. The Balaban J connectivity index is 1.37. The van der Waals surface area contributed by atoms with E-state index in [-0.39, 0.29) is 17.4 Å². The van der Waals surface area contributed by atoms with Gasteiger partial charge in [0.15, 0.2) is 0 Å². The van der Waals surface area contributed by atoms with Gasteiger partial charge in [-0.2, -0.15) is 0 Å². The summed E-state index contributed by atoms with van der Waals surface area (Å²) in [4.78, 5) is 18.7. The molecular weight excluding hydrogens is 385 g/mol. The van der Waals surface area contributed by atoms with Gasteiger partial charge in [-0.05, 0) is 49.1 Å². The van der Waals surface area contributed by atoms with E-state index < -0.39 is 5.82 Å². The lowest BCUT2D eigenvalue weighted by Crippen LogP contribution is -2.38. The van der Waals surface area contributed by atoms with Gasteiger partial charge in [-0.25, -0.2) is 9.37 Å². The van der Waals surface area contributed by atoms with E-state index in [4.69, 9.17) is 15.2 Å². The lowest BCUT2D eigenvalue weighted by atomic mass is 9.89. The van der Waals surface area contributed by atoms with Crippen LogP contribution in [-0.4, -0.2) is 42.6 Å². The molecule has 2 N–H and O–H groups in total. The summed E-state index contributed by atoms with van der Waals surface area (Å²) in [6, 6.07) is 6.25. The number of carbonyl (C=O) groups excluding carboxylic acids is 1. The monoisotopic (exact) mass is 413 g/mol. The van der Waals surface area contributed by atoms with Crippen molar-refractivity contribution < 1.29 is 18.7 Å². The summed E-state index contributed by atoms with van der Waals surface area (Å²) in [5.74, 6) is 2.26. The molecule has 1 aromatic carbocycles. The van der Waals surface area contributed by atoms with E-state index in [9.17, 15) is 9.18 Å². The number of methoxy groups -OCH3 is 1. The highest BCUT2D eigenvalue weighted by Crippen LogP contribution is 2.38. The zero-order valence-electron chi connectivity index (χ0n) is 17.4. The van der Waals surface area contributed by atoms with Gasteiger partial charge in [0.1, 0.15) is 23.1 Å². The van der Waals surface area contributed by atoms with Gasteiger partial charge < -0.3 is 20.1 Å². The Labute approximate surface area is 176 Å². The van der Waals surface area contributed by atoms with Crippen LogP contribution in [0.15, 0.2) is 30.5 Å². The Kier molecular flexibility index (Phi) is 5.79. The van der Waals surface area contributed by atoms with Crippen LogP contribution in [0.25, 0.3) is 0 Å². The largest absolute Gasteiger partial charge is 0.496 e. The first-order valence-corrected chi connectivity index (χ1v) is 10.5. The molecule has 1 aromatic heterocycles. The number of nitrogens with zero attached hydrogens (tertiary/aromatic N) is 2. The number of hydrogen-bond acceptors (Lipinski definition) is 5. The van der Waals surface area contributed by atoms with Crippen LogP contribution >= 0.6 is 0 Å². The number of halogens is 1. The van der Waals surface area contributed by atoms with E-state index in [0.717, 1.165) is 30.6 Å². The van der Waals surface area contributed by atoms with E-state index in [2.05, 4.69) is 11.9 Å². The normalized spacial score (nSPS) is 21.4. The molecule has 160 valence electrons. The molecule has 6 nitrogen and oxygen atoms in total. The number of pyridine rings is 1. The van der Waals surface area contributed by atoms with Crippen molar-refractivity contribution in [3.63, 3.8) is 0 Å². The third kappa shape index (κ3) is 4.35. The fourth-order valence-electron chi connectivity index (χ4n) is 4.10. The molecule has 1 aliphatic heterocycles. The highest BCUT2D eigenvalue weighted by molar-refractivity contribution is 5.94. The van der Waals surface area contributed by atoms with E-state index in [1.807, 2.05) is 0 Å². The third-order valence-corrected chi connectivity index (χ3v) is 6.27. The fourth-order valence-corrected chi connectivity index (χ4v) is 4.10. The molecule has 30 heavy (non-hydrogen) atoms. The van der Waals surface area contributed by atoms with Crippen molar-refractivity contribution >= 4 is 11.7 Å². The first kappa shape index (κ1) is 20.4. The number of piperidine rings is 1. The summed E-state index contributed by atoms with van der Waals surface area (Å²) < 4.78 is 25.7. The van der Waals surface area contributed by atoms with Crippen LogP contribution in [0.3, 0.4) is 0 Å². The van der Waals surface area contributed by atoms with Crippen LogP contribution in [-0.2, 0) is 0 Å². The molecule has 2 atom stereocenters. The van der Waals surface area contributed by atoms with Crippen LogP contribution in [0, 0.1) is 17.7 Å². The van der Waals surface area contributed by atoms with Gasteiger partial charge in [-0.3, -0.25) is 4.79 Å². The molecule has 1 saturated carbocycles. The number of amides is 1. The molecule has 4 rings (SSSR count). The zero-order chi connectivity index (χ0) is 21.3. The molecule has 0 bridgehead atoms. The summed E-state index contributed by atoms with van der Waals surface area (Å²) in [5, 5.41) is 0. The molecule has 0 spiro atoms. The van der Waals surface area contributed by atoms with Gasteiger partial charge in [0.05, 0.1) is 19.3 Å². The van der Waals surface area contributed by atoms with Crippen molar-refractivity contribution in [3.05, 3.63) is 47.4 Å². The Hall–Kier alpha value is -2.83. The number of hydrogen-bond donors (Lipinski definition) is 1. The predicted octanol–water partition coefficient (Wildman–Crippen LogP) is 3.87. The lowest BCUT2D eigenvalue weighted by Gasteiger charge is -2.32. The van der Waals surface area contributed by atoms with Crippen molar-refractivity contribution in [1.82, 2.24) is 9.88 Å². The van der Waals surface area contributed by atoms with E-state index in [1.54, 1.807) is 30.3 Å². The Morgan fingerprint density at radius 3 is 2.67 bits per heavy atom. The van der Waals surface area contributed by atoms with Gasteiger partial charge in [0, 0.05) is 37.0 Å². The minimum atomic E-state index is -0.534. The van der Waals surface area contributed by atoms with Crippen molar-refractivity contribution in [2.75, 3.05) is 32.5 Å². The molecule has 1 aliphatic carbocycles. The average molecular weight is 413 g/mol. The second-order valence-electron chi connectivity index (χ2n) is 8.34. The van der Waals surface area contributed by atoms with Crippen LogP contribution in [0.5, 0.6) is 11.5 Å². The number of benzene rings is 1. The van der Waals surface area contributed by atoms with Crippen LogP contribution in [0.1, 0.15) is 48.0 Å². The number of anilines is 1. The minimum Gasteiger partial charge on any atom is -0.496 e. The van der Waals surface area contributed by atoms with Gasteiger partial charge in [0.25, 0.3) is 5.91 Å². The summed E-state index contributed by atoms with van der Waals surface area (Å²) in [7, 11) is 1.61. The number of rotatable bonds is 6. The number of nitrogen functional groups attached to an aromatic ring is 1. The predicted molar refractivity (Wildman–Crippen MR) is 112 cm³/mol. The van der Waals surface area contributed by atoms with Gasteiger partial charge in [0.2, 0.25) is 0 Å². The van der Waals surface area contributed by atoms with Crippen LogP contribution < -0.4 is 15.2 Å². The van der Waals surface area contributed by atoms with Crippen LogP contribution in [0.2, 0.25) is 0 Å². The molecular formula is C23H28FN3O3. The zero-order valence-corrected chi connectivity index (χ0v) is 17.4. The summed E-state index contributed by atoms with van der Waals surface area (Å²) in [6.45, 7) is 3.88. The maximum Gasteiger partial charge on any atom is 0.256 e. The van der Waals surface area contributed by atoms with Crippen LogP contribution in [0.4, 0.5) is 10.2 Å². The summed E-state index contributed by atoms with van der Waals surface area (Å²) >= 11 is 0. The van der Waals surface area contributed by atoms with E-state index in [0.29, 0.717) is 43.1 Å². The maximum absolute atomic E-state index is 14.6. The second kappa shape index (κ2) is 8.50. The van der Waals surface area contributed by atoms with Crippen molar-refractivity contribution in [1.29, 1.82) is 0 Å². The number of aromatic nitrogens is 1. The lowest BCUT2D eigenvalue weighted by molar-refractivity contribution is 0.0707. The van der Waals surface area contributed by atoms with Crippen molar-refractivity contribution in [2.45, 2.75) is 32.1 Å². The van der Waals surface area contributed by atoms with E-state index in [1.165, 1.54) is 12.1 Å². The van der Waals surface area contributed by atoms with Gasteiger partial charge in [-0.15, -0.1) is 0 Å². The van der Waals surface area contributed by atoms with Crippen molar-refractivity contribution in [3.8, 4) is 11.5 Å². The first-order valence-electron chi connectivity index (χ1n) is 10.5. The standard InChI is InChI=1S/C23H28FN3O3/c1-14-9-16(14)13-30-17-3-4-18(20(24)10-17)23(28)27-7-5-15(6-8-27)19-12-26-22(25)11-21(19)29-2/h3-4,10-12,14-16H,5-9,13H2,1-2H3,(H2,25,26)/t14-,16+/m1/s1. The fraction of sp³-hybridized carbons (Fsp3) is 0.478. The Morgan fingerprint density at radius 1 is 1.30 bits per heavy atom. The minimum absolute atomic E-state index is 0.0901. The molecule has 2 aromatic rings. The molecule has 2 heterocycles. The first-order chi connectivity index (χ1) is 14.5. The Bertz CT molecular complexity index is 928. The smallest absolute Gasteiger partial charge is 0.256 e. The third-order valence-electron chi connectivity index (χ3n) is 6.27. The molecule has 1 saturated heterocycles. The highest BCUT2D eigenvalue weighted by Gasteiger charge is 2.33. The molecule has 2 fully saturated rings. The molecule has 2 aliphatic rings. The number of likely N-dealkylation sites (tertiary alicyclic amines) is 1. The Morgan fingerprint density at radius 2 is 2.03 bits per heavy atom. The molecule has 7 heteroatoms. The quantitative estimate of drug-likeness (QED) is 0.778. The van der Waals surface area contributed by atoms with Gasteiger partial charge in [-0.1, -0.05) is 6.92 Å². The SMILES string of the molecule is COc1cc(N)ncc1C1CCN(C(=O)c2ccc(OC[C@@H]3C[C@H]3C)cc2F)CC1. The van der Waals surface area contributed by atoms with Gasteiger partial charge >= 0.3 is 0 Å². The van der Waals surface area contributed by atoms with E-state index >= 15 is 0 Å². The number of nitrogens with two attached hydrogens (primary N) is 1. The number of carbonyl (C=O) groups is 1. The second-order valence-corrected chi connectivity index (χ2v) is 8.34. The number of ether oxygens (including phenoxy) is 2. The highest BCUT2D eigenvalue weighted by atomic mass is 19.1.